The average molecular weight is 410 g/mol. The van der Waals surface area contributed by atoms with Crippen LogP contribution in [-0.4, -0.2) is 41.1 Å². The lowest BCUT2D eigenvalue weighted by atomic mass is 10.1. The SMILES string of the molecule is CN(CCC(Oc1ccc(Oc2ccccn2)cc1)c1ccc(F)cc1)CC(=O)O. The minimum atomic E-state index is -0.889. The Kier molecular flexibility index (Phi) is 7.34. The van der Waals surface area contributed by atoms with Gasteiger partial charge in [0.1, 0.15) is 23.4 Å². The highest BCUT2D eigenvalue weighted by molar-refractivity contribution is 5.68. The molecule has 1 N–H and O–H groups in total. The second-order valence-corrected chi connectivity index (χ2v) is 6.82. The second-order valence-electron chi connectivity index (χ2n) is 6.82. The molecule has 2 aromatic carbocycles. The molecule has 6 nitrogen and oxygen atoms in total. The number of ether oxygens (including phenoxy) is 2. The fraction of sp³-hybridized carbons (Fsp3) is 0.217. The molecule has 1 heterocycles. The van der Waals surface area contributed by atoms with Crippen molar-refractivity contribution < 1.29 is 23.8 Å². The first-order chi connectivity index (χ1) is 14.5. The number of carboxylic acid groups (broad SMARTS) is 1. The first kappa shape index (κ1) is 21.3. The number of nitrogens with zero attached hydrogens (tertiary/aromatic N) is 2. The number of benzene rings is 2. The first-order valence-electron chi connectivity index (χ1n) is 9.51. The zero-order valence-electron chi connectivity index (χ0n) is 16.6. The number of pyridine rings is 1. The van der Waals surface area contributed by atoms with E-state index in [1.54, 1.807) is 60.6 Å². The molecule has 156 valence electrons. The minimum Gasteiger partial charge on any atom is -0.486 e. The molecule has 0 fully saturated rings. The maximum absolute atomic E-state index is 13.3. The topological polar surface area (TPSA) is 71.9 Å². The van der Waals surface area contributed by atoms with Crippen LogP contribution in [0.3, 0.4) is 0 Å². The number of carbonyl (C=O) groups is 1. The monoisotopic (exact) mass is 410 g/mol. The fourth-order valence-corrected chi connectivity index (χ4v) is 2.90. The smallest absolute Gasteiger partial charge is 0.317 e. The molecule has 1 aromatic heterocycles. The van der Waals surface area contributed by atoms with Gasteiger partial charge in [0.2, 0.25) is 5.88 Å². The molecule has 0 aliphatic carbocycles. The van der Waals surface area contributed by atoms with Gasteiger partial charge in [-0.25, -0.2) is 9.37 Å². The molecule has 0 aliphatic heterocycles. The zero-order chi connectivity index (χ0) is 21.3. The molecular formula is C23H23FN2O4. The number of halogens is 1. The van der Waals surface area contributed by atoms with Crippen LogP contribution in [0.15, 0.2) is 72.9 Å². The van der Waals surface area contributed by atoms with Gasteiger partial charge in [-0.3, -0.25) is 9.69 Å². The van der Waals surface area contributed by atoms with Crippen LogP contribution in [0.25, 0.3) is 0 Å². The molecule has 0 spiro atoms. The third kappa shape index (κ3) is 6.56. The van der Waals surface area contributed by atoms with Crippen LogP contribution in [0.1, 0.15) is 18.1 Å². The van der Waals surface area contributed by atoms with E-state index in [2.05, 4.69) is 4.98 Å². The van der Waals surface area contributed by atoms with Crippen molar-refractivity contribution in [3.05, 3.63) is 84.3 Å². The van der Waals surface area contributed by atoms with E-state index in [-0.39, 0.29) is 18.5 Å². The predicted molar refractivity (Wildman–Crippen MR) is 110 cm³/mol. The summed E-state index contributed by atoms with van der Waals surface area (Å²) in [5, 5.41) is 8.93. The lowest BCUT2D eigenvalue weighted by Crippen LogP contribution is -2.28. The van der Waals surface area contributed by atoms with Crippen LogP contribution >= 0.6 is 0 Å². The zero-order valence-corrected chi connectivity index (χ0v) is 16.6. The molecule has 0 bridgehead atoms. The van der Waals surface area contributed by atoms with Crippen molar-refractivity contribution in [1.82, 2.24) is 9.88 Å². The van der Waals surface area contributed by atoms with E-state index in [9.17, 15) is 9.18 Å². The molecule has 1 atom stereocenters. The summed E-state index contributed by atoms with van der Waals surface area (Å²) >= 11 is 0. The lowest BCUT2D eigenvalue weighted by Gasteiger charge is -2.22. The number of aromatic nitrogens is 1. The molecule has 0 radical (unpaired) electrons. The van der Waals surface area contributed by atoms with Crippen molar-refractivity contribution in [3.63, 3.8) is 0 Å². The molecule has 0 amide bonds. The third-order valence-corrected chi connectivity index (χ3v) is 4.38. The van der Waals surface area contributed by atoms with Gasteiger partial charge >= 0.3 is 5.97 Å². The largest absolute Gasteiger partial charge is 0.486 e. The van der Waals surface area contributed by atoms with Crippen LogP contribution in [0.4, 0.5) is 4.39 Å². The van der Waals surface area contributed by atoms with E-state index in [4.69, 9.17) is 14.6 Å². The van der Waals surface area contributed by atoms with Crippen LogP contribution in [0, 0.1) is 5.82 Å². The number of hydrogen-bond acceptors (Lipinski definition) is 5. The Morgan fingerprint density at radius 1 is 1.07 bits per heavy atom. The van der Waals surface area contributed by atoms with Gasteiger partial charge in [-0.2, -0.15) is 0 Å². The van der Waals surface area contributed by atoms with Gasteiger partial charge in [0.15, 0.2) is 0 Å². The van der Waals surface area contributed by atoms with Gasteiger partial charge in [0.05, 0.1) is 6.54 Å². The number of aliphatic carboxylic acids is 1. The summed E-state index contributed by atoms with van der Waals surface area (Å²) in [6.45, 7) is 0.449. The van der Waals surface area contributed by atoms with Gasteiger partial charge in [0, 0.05) is 25.2 Å². The Morgan fingerprint density at radius 2 is 1.77 bits per heavy atom. The number of carboxylic acids is 1. The van der Waals surface area contributed by atoms with Crippen molar-refractivity contribution in [1.29, 1.82) is 0 Å². The van der Waals surface area contributed by atoms with Crippen molar-refractivity contribution >= 4 is 5.97 Å². The van der Waals surface area contributed by atoms with Gasteiger partial charge < -0.3 is 14.6 Å². The van der Waals surface area contributed by atoms with Gasteiger partial charge in [-0.1, -0.05) is 18.2 Å². The average Bonchev–Trinajstić information content (AvgIpc) is 2.73. The Hall–Kier alpha value is -3.45. The van der Waals surface area contributed by atoms with Gasteiger partial charge in [-0.15, -0.1) is 0 Å². The lowest BCUT2D eigenvalue weighted by molar-refractivity contribution is -0.138. The van der Waals surface area contributed by atoms with E-state index >= 15 is 0 Å². The van der Waals surface area contributed by atoms with Crippen molar-refractivity contribution in [2.45, 2.75) is 12.5 Å². The molecule has 0 saturated carbocycles. The molecule has 3 aromatic rings. The minimum absolute atomic E-state index is 0.0598. The Morgan fingerprint density at radius 3 is 2.40 bits per heavy atom. The van der Waals surface area contributed by atoms with E-state index in [1.807, 2.05) is 12.1 Å². The van der Waals surface area contributed by atoms with Gasteiger partial charge in [-0.05, 0) is 55.1 Å². The Bertz CT molecular complexity index is 934. The quantitative estimate of drug-likeness (QED) is 0.529. The summed E-state index contributed by atoms with van der Waals surface area (Å²) in [7, 11) is 1.74. The molecule has 1 unspecified atom stereocenters. The molecule has 30 heavy (non-hydrogen) atoms. The number of rotatable bonds is 10. The van der Waals surface area contributed by atoms with E-state index in [0.717, 1.165) is 5.56 Å². The summed E-state index contributed by atoms with van der Waals surface area (Å²) in [5.41, 5.74) is 0.814. The van der Waals surface area contributed by atoms with Crippen LogP contribution in [-0.2, 0) is 4.79 Å². The summed E-state index contributed by atoms with van der Waals surface area (Å²) < 4.78 is 25.1. The highest BCUT2D eigenvalue weighted by atomic mass is 19.1. The molecule has 3 rings (SSSR count). The standard InChI is InChI=1S/C23H23FN2O4/c1-26(16-23(27)28)15-13-21(17-5-7-18(24)8-6-17)29-19-9-11-20(12-10-19)30-22-4-2-3-14-25-22/h2-12,14,21H,13,15-16H2,1H3,(H,27,28). The summed E-state index contributed by atoms with van der Waals surface area (Å²) in [5.74, 6) is 0.535. The number of likely N-dealkylation sites (N-methyl/N-ethyl adjacent to an activating group) is 1. The van der Waals surface area contributed by atoms with Gasteiger partial charge in [0.25, 0.3) is 0 Å². The van der Waals surface area contributed by atoms with Crippen molar-refractivity contribution in [3.8, 4) is 17.4 Å². The first-order valence-corrected chi connectivity index (χ1v) is 9.51. The molecule has 0 aliphatic rings. The predicted octanol–water partition coefficient (Wildman–Crippen LogP) is 4.54. The Balaban J connectivity index is 1.68. The summed E-state index contributed by atoms with van der Waals surface area (Å²) in [6.07, 6.45) is 1.84. The van der Waals surface area contributed by atoms with E-state index in [1.165, 1.54) is 12.1 Å². The van der Waals surface area contributed by atoms with Crippen LogP contribution in [0.5, 0.6) is 17.4 Å². The normalized spacial score (nSPS) is 11.8. The van der Waals surface area contributed by atoms with Crippen LogP contribution in [0.2, 0.25) is 0 Å². The van der Waals surface area contributed by atoms with Crippen LogP contribution < -0.4 is 9.47 Å². The molecule has 0 saturated heterocycles. The Labute approximate surface area is 174 Å². The highest BCUT2D eigenvalue weighted by Gasteiger charge is 2.16. The second kappa shape index (κ2) is 10.4. The summed E-state index contributed by atoms with van der Waals surface area (Å²) in [4.78, 5) is 16.7. The summed E-state index contributed by atoms with van der Waals surface area (Å²) in [6, 6.07) is 18.7. The maximum Gasteiger partial charge on any atom is 0.317 e. The molecular weight excluding hydrogens is 387 g/mol. The number of hydrogen-bond donors (Lipinski definition) is 1. The van der Waals surface area contributed by atoms with Crippen molar-refractivity contribution in [2.75, 3.05) is 20.1 Å². The molecule has 7 heteroatoms. The van der Waals surface area contributed by atoms with E-state index in [0.29, 0.717) is 30.3 Å². The third-order valence-electron chi connectivity index (χ3n) is 4.38. The van der Waals surface area contributed by atoms with E-state index < -0.39 is 5.97 Å². The van der Waals surface area contributed by atoms with Crippen molar-refractivity contribution in [2.24, 2.45) is 0 Å². The fourth-order valence-electron chi connectivity index (χ4n) is 2.90. The maximum atomic E-state index is 13.3. The highest BCUT2D eigenvalue weighted by Crippen LogP contribution is 2.28.